The fourth-order valence-corrected chi connectivity index (χ4v) is 7.25. The van der Waals surface area contributed by atoms with Gasteiger partial charge in [-0.15, -0.1) is 0 Å². The van der Waals surface area contributed by atoms with Gasteiger partial charge in [0.1, 0.15) is 11.2 Å². The van der Waals surface area contributed by atoms with Crippen LogP contribution in [-0.4, -0.2) is 5.71 Å². The second-order valence-corrected chi connectivity index (χ2v) is 12.7. The van der Waals surface area contributed by atoms with E-state index in [1.807, 2.05) is 12.1 Å². The summed E-state index contributed by atoms with van der Waals surface area (Å²) in [5, 5.41) is 2.27. The number of dihydropyridines is 1. The third-order valence-corrected chi connectivity index (χ3v) is 9.63. The van der Waals surface area contributed by atoms with Gasteiger partial charge >= 0.3 is 0 Å². The van der Waals surface area contributed by atoms with Crippen molar-refractivity contribution in [3.63, 3.8) is 0 Å². The highest BCUT2D eigenvalue weighted by Gasteiger charge is 2.22. The smallest absolute Gasteiger partial charge is 0.135 e. The molecule has 1 unspecified atom stereocenters. The number of hydrogen-bond donors (Lipinski definition) is 0. The molecule has 1 atom stereocenters. The highest BCUT2D eigenvalue weighted by molar-refractivity contribution is 6.13. The molecule has 0 saturated carbocycles. The minimum atomic E-state index is -0.00417. The van der Waals surface area contributed by atoms with Crippen LogP contribution in [0.25, 0.3) is 60.9 Å². The molecule has 0 bridgehead atoms. The van der Waals surface area contributed by atoms with Gasteiger partial charge in [-0.2, -0.15) is 0 Å². The topological polar surface area (TPSA) is 25.5 Å². The van der Waals surface area contributed by atoms with Crippen LogP contribution in [-0.2, 0) is 0 Å². The van der Waals surface area contributed by atoms with Gasteiger partial charge in [0.25, 0.3) is 0 Å². The van der Waals surface area contributed by atoms with Crippen molar-refractivity contribution in [2.45, 2.75) is 12.5 Å². The molecular formula is C47H33NO. The average Bonchev–Trinajstić information content (AvgIpc) is 3.56. The molecule has 2 nitrogen and oxygen atoms in total. The molecule has 2 heteroatoms. The van der Waals surface area contributed by atoms with Gasteiger partial charge in [-0.25, -0.2) is 0 Å². The monoisotopic (exact) mass is 627 g/mol. The van der Waals surface area contributed by atoms with Crippen LogP contribution in [0, 0.1) is 0 Å². The van der Waals surface area contributed by atoms with Crippen molar-refractivity contribution < 1.29 is 4.42 Å². The number of allylic oxidation sites excluding steroid dienone is 1. The molecule has 0 amide bonds. The van der Waals surface area contributed by atoms with Gasteiger partial charge in [-0.05, 0) is 92.4 Å². The van der Waals surface area contributed by atoms with Crippen LogP contribution in [0.5, 0.6) is 0 Å². The molecule has 49 heavy (non-hydrogen) atoms. The van der Waals surface area contributed by atoms with Gasteiger partial charge in [0, 0.05) is 10.8 Å². The van der Waals surface area contributed by atoms with Crippen molar-refractivity contribution in [1.82, 2.24) is 0 Å². The number of fused-ring (bicyclic) bond motifs is 3. The summed E-state index contributed by atoms with van der Waals surface area (Å²) in [6.07, 6.45) is 3.11. The summed E-state index contributed by atoms with van der Waals surface area (Å²) in [6.45, 7) is 0. The third-order valence-electron chi connectivity index (χ3n) is 9.63. The Balaban J connectivity index is 1.18. The van der Waals surface area contributed by atoms with Crippen molar-refractivity contribution in [3.8, 4) is 33.4 Å². The standard InChI is InChI=1S/C47H33NO/c1-4-14-32(15-5-1)38-30-43(33-16-6-2-7-17-33)48-44(31-38)37-21-12-20-35(28-37)39-23-13-24-40(47(39)34-18-8-3-9-19-34)36-26-27-46-42(29-36)41-22-10-11-25-45(41)49-46/h1-30,44H,31H2. The van der Waals surface area contributed by atoms with Crippen LogP contribution >= 0.6 is 0 Å². The lowest BCUT2D eigenvalue weighted by atomic mass is 9.85. The van der Waals surface area contributed by atoms with Gasteiger partial charge < -0.3 is 4.42 Å². The molecule has 0 saturated heterocycles. The molecule has 2 heterocycles. The number of benzene rings is 7. The van der Waals surface area contributed by atoms with E-state index in [1.165, 1.54) is 44.5 Å². The molecule has 1 aromatic heterocycles. The summed E-state index contributed by atoms with van der Waals surface area (Å²) in [7, 11) is 0. The summed E-state index contributed by atoms with van der Waals surface area (Å²) >= 11 is 0. The number of furan rings is 1. The van der Waals surface area contributed by atoms with Crippen molar-refractivity contribution in [2.24, 2.45) is 4.99 Å². The summed E-state index contributed by atoms with van der Waals surface area (Å²) in [4.78, 5) is 5.36. The second kappa shape index (κ2) is 12.4. The maximum atomic E-state index is 6.18. The van der Waals surface area contributed by atoms with Crippen molar-refractivity contribution in [3.05, 3.63) is 199 Å². The minimum absolute atomic E-state index is 0.00417. The lowest BCUT2D eigenvalue weighted by molar-refractivity contribution is 0.669. The number of hydrogen-bond acceptors (Lipinski definition) is 2. The Kier molecular flexibility index (Phi) is 7.33. The molecule has 1 aliphatic rings. The minimum Gasteiger partial charge on any atom is -0.456 e. The third kappa shape index (κ3) is 5.48. The van der Waals surface area contributed by atoms with Crippen LogP contribution in [0.3, 0.4) is 0 Å². The molecule has 0 radical (unpaired) electrons. The van der Waals surface area contributed by atoms with E-state index >= 15 is 0 Å². The predicted octanol–water partition coefficient (Wildman–Crippen LogP) is 12.6. The van der Waals surface area contributed by atoms with Crippen molar-refractivity contribution in [1.29, 1.82) is 0 Å². The van der Waals surface area contributed by atoms with Crippen molar-refractivity contribution in [2.75, 3.05) is 0 Å². The van der Waals surface area contributed by atoms with E-state index in [-0.39, 0.29) is 6.04 Å². The first-order chi connectivity index (χ1) is 24.3. The van der Waals surface area contributed by atoms with Crippen LogP contribution in [0.4, 0.5) is 0 Å². The molecule has 0 aliphatic carbocycles. The Morgan fingerprint density at radius 3 is 1.80 bits per heavy atom. The number of nitrogens with zero attached hydrogens (tertiary/aromatic N) is 1. The fraction of sp³-hybridized carbons (Fsp3) is 0.0426. The molecule has 9 rings (SSSR count). The first-order valence-corrected chi connectivity index (χ1v) is 16.9. The summed E-state index contributed by atoms with van der Waals surface area (Å²) < 4.78 is 6.18. The molecule has 0 N–H and O–H groups in total. The van der Waals surface area contributed by atoms with E-state index < -0.39 is 0 Å². The van der Waals surface area contributed by atoms with E-state index in [9.17, 15) is 0 Å². The second-order valence-electron chi connectivity index (χ2n) is 12.7. The average molecular weight is 628 g/mol. The SMILES string of the molecule is C1=C(c2ccccc2)CC(c2cccc(-c3cccc(-c4ccc5oc6ccccc6c5c4)c3-c3ccccc3)c2)N=C1c1ccccc1. The van der Waals surface area contributed by atoms with Gasteiger partial charge in [0.05, 0.1) is 11.8 Å². The molecule has 0 fully saturated rings. The Hall–Kier alpha value is -6.25. The molecular weight excluding hydrogens is 595 g/mol. The van der Waals surface area contributed by atoms with Crippen LogP contribution in [0.2, 0.25) is 0 Å². The van der Waals surface area contributed by atoms with Crippen LogP contribution < -0.4 is 0 Å². The summed E-state index contributed by atoms with van der Waals surface area (Å²) in [5.41, 5.74) is 14.9. The van der Waals surface area contributed by atoms with E-state index in [2.05, 4.69) is 170 Å². The lowest BCUT2D eigenvalue weighted by Crippen LogP contribution is -2.10. The summed E-state index contributed by atoms with van der Waals surface area (Å²) in [5.74, 6) is 0. The lowest BCUT2D eigenvalue weighted by Gasteiger charge is -2.23. The van der Waals surface area contributed by atoms with Gasteiger partial charge in [-0.1, -0.05) is 152 Å². The Bertz CT molecular complexity index is 2510. The fourth-order valence-electron chi connectivity index (χ4n) is 7.25. The van der Waals surface area contributed by atoms with Crippen molar-refractivity contribution >= 4 is 33.2 Å². The molecule has 0 spiro atoms. The molecule has 7 aromatic carbocycles. The molecule has 232 valence electrons. The first kappa shape index (κ1) is 28.9. The van der Waals surface area contributed by atoms with E-state index in [1.54, 1.807) is 0 Å². The molecule has 1 aliphatic heterocycles. The number of rotatable bonds is 6. The summed E-state index contributed by atoms with van der Waals surface area (Å²) in [6, 6.07) is 62.5. The Morgan fingerprint density at radius 2 is 1.04 bits per heavy atom. The zero-order valence-corrected chi connectivity index (χ0v) is 27.0. The van der Waals surface area contributed by atoms with E-state index in [0.717, 1.165) is 45.2 Å². The number of aliphatic imine (C=N–C) groups is 1. The molecule has 8 aromatic rings. The highest BCUT2D eigenvalue weighted by atomic mass is 16.3. The maximum absolute atomic E-state index is 6.18. The number of para-hydroxylation sites is 1. The van der Waals surface area contributed by atoms with Gasteiger partial charge in [0.2, 0.25) is 0 Å². The zero-order valence-electron chi connectivity index (χ0n) is 27.0. The van der Waals surface area contributed by atoms with E-state index in [0.29, 0.717) is 0 Å². The maximum Gasteiger partial charge on any atom is 0.135 e. The quantitative estimate of drug-likeness (QED) is 0.180. The first-order valence-electron chi connectivity index (χ1n) is 16.9. The van der Waals surface area contributed by atoms with Crippen LogP contribution in [0.15, 0.2) is 191 Å². The largest absolute Gasteiger partial charge is 0.456 e. The van der Waals surface area contributed by atoms with Crippen LogP contribution in [0.1, 0.15) is 29.2 Å². The Labute approximate surface area is 286 Å². The van der Waals surface area contributed by atoms with Gasteiger partial charge in [-0.3, -0.25) is 4.99 Å². The zero-order chi connectivity index (χ0) is 32.6. The predicted molar refractivity (Wildman–Crippen MR) is 205 cm³/mol. The Morgan fingerprint density at radius 1 is 0.449 bits per heavy atom. The van der Waals surface area contributed by atoms with Gasteiger partial charge in [0.15, 0.2) is 0 Å². The van der Waals surface area contributed by atoms with E-state index in [4.69, 9.17) is 9.41 Å². The normalized spacial score (nSPS) is 14.5. The highest BCUT2D eigenvalue weighted by Crippen LogP contribution is 2.43.